The van der Waals surface area contributed by atoms with Gasteiger partial charge in [-0.1, -0.05) is 23.4 Å². The van der Waals surface area contributed by atoms with Crippen molar-refractivity contribution in [2.75, 3.05) is 34.3 Å². The number of likely N-dealkylation sites (tertiary alicyclic amines) is 1. The molecule has 0 saturated carbocycles. The van der Waals surface area contributed by atoms with Crippen LogP contribution in [0.25, 0.3) is 21.3 Å². The molecule has 0 spiro atoms. The van der Waals surface area contributed by atoms with E-state index < -0.39 is 0 Å². The summed E-state index contributed by atoms with van der Waals surface area (Å²) in [6.07, 6.45) is 5.68. The molecule has 4 aromatic rings. The molecule has 2 aromatic heterocycles. The maximum atomic E-state index is 12.9. The molecule has 1 fully saturated rings. The van der Waals surface area contributed by atoms with E-state index >= 15 is 0 Å². The number of hydrogen-bond donors (Lipinski definition) is 0. The SMILES string of the molecule is COc1ccccc1-c1cc(C(=O)N(C)C)cc2sc([C@H]3CCCN(C(=O)CCn4ccnn4)C3)nc12. The van der Waals surface area contributed by atoms with Gasteiger partial charge in [-0.25, -0.2) is 4.98 Å². The van der Waals surface area contributed by atoms with Crippen LogP contribution in [0.5, 0.6) is 5.75 Å². The van der Waals surface area contributed by atoms with Crippen molar-refractivity contribution in [2.45, 2.75) is 31.7 Å². The monoisotopic (exact) mass is 518 g/mol. The lowest BCUT2D eigenvalue weighted by atomic mass is 9.98. The highest BCUT2D eigenvalue weighted by Gasteiger charge is 2.28. The summed E-state index contributed by atoms with van der Waals surface area (Å²) in [4.78, 5) is 34.5. The predicted octanol–water partition coefficient (Wildman–Crippen LogP) is 4.06. The number of carbonyl (C=O) groups excluding carboxylic acids is 2. The van der Waals surface area contributed by atoms with Crippen molar-refractivity contribution >= 4 is 33.4 Å². The van der Waals surface area contributed by atoms with Gasteiger partial charge in [0.1, 0.15) is 5.75 Å². The fourth-order valence-electron chi connectivity index (χ4n) is 4.80. The largest absolute Gasteiger partial charge is 0.496 e. The molecule has 1 atom stereocenters. The molecule has 0 unspecified atom stereocenters. The molecule has 1 aliphatic heterocycles. The zero-order valence-corrected chi connectivity index (χ0v) is 22.1. The van der Waals surface area contributed by atoms with Gasteiger partial charge in [-0.2, -0.15) is 0 Å². The number of hydrogen-bond acceptors (Lipinski definition) is 7. The highest BCUT2D eigenvalue weighted by molar-refractivity contribution is 7.18. The topological polar surface area (TPSA) is 93.5 Å². The number of aryl methyl sites for hydroxylation is 1. The number of aromatic nitrogens is 4. The molecule has 9 nitrogen and oxygen atoms in total. The van der Waals surface area contributed by atoms with Crippen LogP contribution in [0.4, 0.5) is 0 Å². The van der Waals surface area contributed by atoms with Crippen LogP contribution < -0.4 is 4.74 Å². The molecular formula is C27H30N6O3S. The third-order valence-corrected chi connectivity index (χ3v) is 7.88. The smallest absolute Gasteiger partial charge is 0.253 e. The number of para-hydroxylation sites is 1. The van der Waals surface area contributed by atoms with E-state index in [0.29, 0.717) is 25.1 Å². The van der Waals surface area contributed by atoms with E-state index in [4.69, 9.17) is 9.72 Å². The Balaban J connectivity index is 1.47. The fraction of sp³-hybridized carbons (Fsp3) is 0.370. The summed E-state index contributed by atoms with van der Waals surface area (Å²) < 4.78 is 8.27. The van der Waals surface area contributed by atoms with Crippen LogP contribution in [0.1, 0.15) is 40.5 Å². The first-order chi connectivity index (χ1) is 17.9. The molecule has 10 heteroatoms. The summed E-state index contributed by atoms with van der Waals surface area (Å²) in [7, 11) is 5.15. The quantitative estimate of drug-likeness (QED) is 0.366. The molecule has 1 saturated heterocycles. The first-order valence-electron chi connectivity index (χ1n) is 12.4. The third kappa shape index (κ3) is 5.20. The number of nitrogens with zero attached hydrogens (tertiary/aromatic N) is 6. The Morgan fingerprint density at radius 2 is 2.03 bits per heavy atom. The summed E-state index contributed by atoms with van der Waals surface area (Å²) in [5.41, 5.74) is 3.24. The van der Waals surface area contributed by atoms with Gasteiger partial charge in [0, 0.05) is 62.4 Å². The van der Waals surface area contributed by atoms with Crippen LogP contribution in [-0.4, -0.2) is 75.9 Å². The molecular weight excluding hydrogens is 488 g/mol. The number of fused-ring (bicyclic) bond motifs is 1. The summed E-state index contributed by atoms with van der Waals surface area (Å²) >= 11 is 1.61. The number of carbonyl (C=O) groups is 2. The van der Waals surface area contributed by atoms with Crippen LogP contribution in [-0.2, 0) is 11.3 Å². The molecule has 37 heavy (non-hydrogen) atoms. The normalized spacial score (nSPS) is 15.6. The lowest BCUT2D eigenvalue weighted by Crippen LogP contribution is -2.39. The van der Waals surface area contributed by atoms with Crippen molar-refractivity contribution in [3.63, 3.8) is 0 Å². The highest BCUT2D eigenvalue weighted by atomic mass is 32.1. The van der Waals surface area contributed by atoms with Gasteiger partial charge >= 0.3 is 0 Å². The van der Waals surface area contributed by atoms with Gasteiger partial charge in [0.2, 0.25) is 5.91 Å². The van der Waals surface area contributed by atoms with Crippen LogP contribution >= 0.6 is 11.3 Å². The second-order valence-electron chi connectivity index (χ2n) is 9.42. The molecule has 0 radical (unpaired) electrons. The summed E-state index contributed by atoms with van der Waals surface area (Å²) in [5, 5.41) is 8.74. The lowest BCUT2D eigenvalue weighted by Gasteiger charge is -2.32. The molecule has 0 N–H and O–H groups in total. The maximum absolute atomic E-state index is 12.9. The van der Waals surface area contributed by atoms with E-state index in [1.165, 1.54) is 0 Å². The van der Waals surface area contributed by atoms with Gasteiger partial charge in [0.05, 0.1) is 35.1 Å². The number of benzene rings is 2. The second kappa shape index (κ2) is 10.7. The average molecular weight is 519 g/mol. The average Bonchev–Trinajstić information content (AvgIpc) is 3.61. The van der Waals surface area contributed by atoms with Crippen molar-refractivity contribution in [1.29, 1.82) is 0 Å². The first kappa shape index (κ1) is 24.9. The number of rotatable bonds is 7. The summed E-state index contributed by atoms with van der Waals surface area (Å²) in [6, 6.07) is 11.6. The second-order valence-corrected chi connectivity index (χ2v) is 10.5. The number of ether oxygens (including phenoxy) is 1. The standard InChI is InChI=1S/C27H30N6O3S/c1-31(2)27(35)19-15-21(20-8-4-5-9-22(20)36-3)25-23(16-19)37-26(29-25)18-7-6-12-32(17-18)24(34)10-13-33-14-11-28-30-33/h4-5,8-9,11,14-16,18H,6-7,10,12-13,17H2,1-3H3/t18-/m0/s1. The van der Waals surface area contributed by atoms with Gasteiger partial charge in [-0.05, 0) is 31.0 Å². The van der Waals surface area contributed by atoms with Crippen molar-refractivity contribution < 1.29 is 14.3 Å². The van der Waals surface area contributed by atoms with Crippen molar-refractivity contribution in [3.05, 3.63) is 59.4 Å². The number of methoxy groups -OCH3 is 1. The van der Waals surface area contributed by atoms with Crippen LogP contribution in [0.15, 0.2) is 48.8 Å². The Kier molecular flexibility index (Phi) is 7.18. The minimum absolute atomic E-state index is 0.0604. The highest BCUT2D eigenvalue weighted by Crippen LogP contribution is 2.40. The van der Waals surface area contributed by atoms with E-state index in [0.717, 1.165) is 51.5 Å². The van der Waals surface area contributed by atoms with Gasteiger partial charge in [0.15, 0.2) is 0 Å². The van der Waals surface area contributed by atoms with Crippen molar-refractivity contribution in [2.24, 2.45) is 0 Å². The third-order valence-electron chi connectivity index (χ3n) is 6.71. The van der Waals surface area contributed by atoms with Gasteiger partial charge < -0.3 is 14.5 Å². The molecule has 5 rings (SSSR count). The molecule has 3 heterocycles. The van der Waals surface area contributed by atoms with Crippen LogP contribution in [0.2, 0.25) is 0 Å². The minimum atomic E-state index is -0.0604. The van der Waals surface area contributed by atoms with E-state index in [1.807, 2.05) is 41.3 Å². The Bertz CT molecular complexity index is 1420. The van der Waals surface area contributed by atoms with Crippen molar-refractivity contribution in [3.8, 4) is 16.9 Å². The Morgan fingerprint density at radius 1 is 1.19 bits per heavy atom. The molecule has 1 aliphatic rings. The lowest BCUT2D eigenvalue weighted by molar-refractivity contribution is -0.132. The van der Waals surface area contributed by atoms with Gasteiger partial charge in [-0.3, -0.25) is 14.3 Å². The Hall–Kier alpha value is -3.79. The minimum Gasteiger partial charge on any atom is -0.496 e. The molecule has 0 aliphatic carbocycles. The number of amides is 2. The Morgan fingerprint density at radius 3 is 2.78 bits per heavy atom. The Labute approximate surface area is 219 Å². The van der Waals surface area contributed by atoms with Gasteiger partial charge in [0.25, 0.3) is 5.91 Å². The summed E-state index contributed by atoms with van der Waals surface area (Å²) in [5.74, 6) is 0.944. The first-order valence-corrected chi connectivity index (χ1v) is 13.2. The molecule has 0 bridgehead atoms. The van der Waals surface area contributed by atoms with E-state index in [-0.39, 0.29) is 17.7 Å². The number of thiazole rings is 1. The zero-order valence-electron chi connectivity index (χ0n) is 21.3. The van der Waals surface area contributed by atoms with Crippen molar-refractivity contribution in [1.82, 2.24) is 29.8 Å². The maximum Gasteiger partial charge on any atom is 0.253 e. The molecule has 2 amide bonds. The van der Waals surface area contributed by atoms with Crippen LogP contribution in [0.3, 0.4) is 0 Å². The number of piperidine rings is 1. The van der Waals surface area contributed by atoms with Gasteiger partial charge in [-0.15, -0.1) is 16.4 Å². The summed E-state index contributed by atoms with van der Waals surface area (Å²) in [6.45, 7) is 1.92. The molecule has 192 valence electrons. The van der Waals surface area contributed by atoms with Crippen LogP contribution in [0, 0.1) is 0 Å². The van der Waals surface area contributed by atoms with E-state index in [1.54, 1.807) is 54.5 Å². The van der Waals surface area contributed by atoms with E-state index in [2.05, 4.69) is 10.3 Å². The molecule has 2 aromatic carbocycles. The fourth-order valence-corrected chi connectivity index (χ4v) is 5.96. The zero-order chi connectivity index (χ0) is 25.9. The predicted molar refractivity (Wildman–Crippen MR) is 143 cm³/mol. The van der Waals surface area contributed by atoms with E-state index in [9.17, 15) is 9.59 Å².